The van der Waals surface area contributed by atoms with E-state index in [1.54, 1.807) is 29.8 Å². The Morgan fingerprint density at radius 1 is 1.30 bits per heavy atom. The summed E-state index contributed by atoms with van der Waals surface area (Å²) >= 11 is 1.68. The summed E-state index contributed by atoms with van der Waals surface area (Å²) in [5.74, 6) is 0.0434. The van der Waals surface area contributed by atoms with Crippen LogP contribution in [0, 0.1) is 0 Å². The fourth-order valence-corrected chi connectivity index (χ4v) is 5.60. The minimum atomic E-state index is -0.298. The minimum Gasteiger partial charge on any atom is -0.392 e. The molecule has 2 aromatic heterocycles. The van der Waals surface area contributed by atoms with Gasteiger partial charge in [-0.15, -0.1) is 11.3 Å². The Hall–Kier alpha value is -1.87. The molecular formula is C19H23N5O2S. The zero-order valence-corrected chi connectivity index (χ0v) is 15.9. The third kappa shape index (κ3) is 3.06. The van der Waals surface area contributed by atoms with Gasteiger partial charge in [-0.3, -0.25) is 19.6 Å². The van der Waals surface area contributed by atoms with E-state index in [2.05, 4.69) is 19.8 Å². The molecule has 3 saturated heterocycles. The van der Waals surface area contributed by atoms with E-state index in [0.717, 1.165) is 31.1 Å². The van der Waals surface area contributed by atoms with Crippen molar-refractivity contribution in [2.75, 3.05) is 32.7 Å². The van der Waals surface area contributed by atoms with Crippen molar-refractivity contribution in [1.82, 2.24) is 24.7 Å². The average molecular weight is 385 g/mol. The van der Waals surface area contributed by atoms with Gasteiger partial charge >= 0.3 is 0 Å². The Morgan fingerprint density at radius 3 is 2.93 bits per heavy atom. The van der Waals surface area contributed by atoms with Gasteiger partial charge in [-0.25, -0.2) is 4.98 Å². The molecule has 8 heteroatoms. The lowest BCUT2D eigenvalue weighted by Crippen LogP contribution is -2.78. The summed E-state index contributed by atoms with van der Waals surface area (Å²) in [4.78, 5) is 28.3. The Morgan fingerprint density at radius 2 is 2.19 bits per heavy atom. The van der Waals surface area contributed by atoms with Crippen LogP contribution in [-0.4, -0.2) is 86.1 Å². The van der Waals surface area contributed by atoms with E-state index < -0.39 is 0 Å². The van der Waals surface area contributed by atoms with Crippen molar-refractivity contribution in [3.8, 4) is 0 Å². The van der Waals surface area contributed by atoms with Gasteiger partial charge in [-0.2, -0.15) is 0 Å². The number of piperazine rings is 1. The first-order chi connectivity index (χ1) is 13.1. The molecule has 3 aliphatic heterocycles. The zero-order valence-electron chi connectivity index (χ0n) is 15.1. The standard InChI is InChI=1S/C19H23N5O2S/c25-16-6-15-8-23(18(26)14-2-1-3-20-7-14)13-19(24(15)9-16)11-22(12-19)10-17-21-4-5-27-17/h1-5,7,15-16,25H,6,8-13H2/t15-,16+/m0/s1. The van der Waals surface area contributed by atoms with Crippen LogP contribution in [-0.2, 0) is 6.54 Å². The summed E-state index contributed by atoms with van der Waals surface area (Å²) in [7, 11) is 0. The lowest BCUT2D eigenvalue weighted by atomic mass is 9.83. The summed E-state index contributed by atoms with van der Waals surface area (Å²) in [6, 6.07) is 3.86. The van der Waals surface area contributed by atoms with Crippen LogP contribution in [0.25, 0.3) is 0 Å². The van der Waals surface area contributed by atoms with Crippen LogP contribution in [0.15, 0.2) is 36.1 Å². The lowest BCUT2D eigenvalue weighted by molar-refractivity contribution is -0.108. The number of pyridine rings is 1. The number of hydrogen-bond donors (Lipinski definition) is 1. The van der Waals surface area contributed by atoms with Gasteiger partial charge in [0.2, 0.25) is 0 Å². The number of amides is 1. The van der Waals surface area contributed by atoms with Crippen molar-refractivity contribution in [1.29, 1.82) is 0 Å². The minimum absolute atomic E-state index is 0.0434. The number of β-amino-alcohol motifs (C(OH)–C–C–N with tert-alkyl or cyclic N) is 1. The first kappa shape index (κ1) is 17.2. The van der Waals surface area contributed by atoms with Crippen LogP contribution in [0.1, 0.15) is 21.8 Å². The molecule has 0 saturated carbocycles. The average Bonchev–Trinajstić information content (AvgIpc) is 3.29. The van der Waals surface area contributed by atoms with E-state index in [-0.39, 0.29) is 23.6 Å². The number of carbonyl (C=O) groups is 1. The van der Waals surface area contributed by atoms with Gasteiger partial charge in [0.05, 0.1) is 23.8 Å². The monoisotopic (exact) mass is 385 g/mol. The number of fused-ring (bicyclic) bond motifs is 2. The van der Waals surface area contributed by atoms with E-state index in [9.17, 15) is 9.90 Å². The molecule has 3 aliphatic rings. The van der Waals surface area contributed by atoms with Gasteiger partial charge in [0.15, 0.2) is 0 Å². The normalized spacial score (nSPS) is 27.5. The van der Waals surface area contributed by atoms with Crippen LogP contribution in [0.4, 0.5) is 0 Å². The number of nitrogens with zero attached hydrogens (tertiary/aromatic N) is 5. The highest BCUT2D eigenvalue weighted by atomic mass is 32.1. The van der Waals surface area contributed by atoms with Gasteiger partial charge in [-0.1, -0.05) is 0 Å². The highest BCUT2D eigenvalue weighted by molar-refractivity contribution is 7.09. The van der Waals surface area contributed by atoms with Crippen molar-refractivity contribution >= 4 is 17.2 Å². The van der Waals surface area contributed by atoms with Crippen molar-refractivity contribution in [2.45, 2.75) is 30.7 Å². The molecule has 0 unspecified atom stereocenters. The van der Waals surface area contributed by atoms with Gasteiger partial charge in [0.25, 0.3) is 5.91 Å². The van der Waals surface area contributed by atoms with E-state index in [1.807, 2.05) is 22.5 Å². The molecule has 1 N–H and O–H groups in total. The van der Waals surface area contributed by atoms with Gasteiger partial charge in [-0.05, 0) is 18.6 Å². The van der Waals surface area contributed by atoms with Crippen LogP contribution in [0.3, 0.4) is 0 Å². The van der Waals surface area contributed by atoms with E-state index in [1.165, 1.54) is 0 Å². The predicted molar refractivity (Wildman–Crippen MR) is 101 cm³/mol. The second-order valence-electron chi connectivity index (χ2n) is 7.92. The first-order valence-corrected chi connectivity index (χ1v) is 10.3. The molecule has 0 aromatic carbocycles. The fourth-order valence-electron chi connectivity index (χ4n) is 4.94. The number of aromatic nitrogens is 2. The summed E-state index contributed by atoms with van der Waals surface area (Å²) in [6.07, 6.45) is 5.61. The molecule has 142 valence electrons. The third-order valence-corrected chi connectivity index (χ3v) is 6.76. The molecule has 3 fully saturated rings. The molecular weight excluding hydrogens is 362 g/mol. The Bertz CT molecular complexity index is 809. The van der Waals surface area contributed by atoms with Gasteiger partial charge in [0, 0.05) is 62.7 Å². The Labute approximate surface area is 162 Å². The number of aliphatic hydroxyl groups excluding tert-OH is 1. The SMILES string of the molecule is O=C(c1cccnc1)N1C[C@@H]2C[C@@H](O)CN2C2(CN(Cc3nccs3)C2)C1. The quantitative estimate of drug-likeness (QED) is 0.838. The van der Waals surface area contributed by atoms with Crippen molar-refractivity contribution in [2.24, 2.45) is 0 Å². The second kappa shape index (κ2) is 6.63. The summed E-state index contributed by atoms with van der Waals surface area (Å²) in [5.41, 5.74) is 0.578. The van der Waals surface area contributed by atoms with E-state index in [4.69, 9.17) is 0 Å². The first-order valence-electron chi connectivity index (χ1n) is 9.38. The number of aliphatic hydroxyl groups is 1. The van der Waals surface area contributed by atoms with Gasteiger partial charge < -0.3 is 10.0 Å². The molecule has 0 radical (unpaired) electrons. The topological polar surface area (TPSA) is 72.8 Å². The molecule has 1 amide bonds. The largest absolute Gasteiger partial charge is 0.392 e. The molecule has 0 aliphatic carbocycles. The smallest absolute Gasteiger partial charge is 0.255 e. The second-order valence-corrected chi connectivity index (χ2v) is 8.90. The summed E-state index contributed by atoms with van der Waals surface area (Å²) in [6.45, 7) is 4.78. The maximum absolute atomic E-state index is 13.0. The maximum Gasteiger partial charge on any atom is 0.255 e. The maximum atomic E-state index is 13.0. The van der Waals surface area contributed by atoms with Gasteiger partial charge in [0.1, 0.15) is 5.01 Å². The van der Waals surface area contributed by atoms with Crippen molar-refractivity contribution < 1.29 is 9.90 Å². The van der Waals surface area contributed by atoms with Crippen LogP contribution < -0.4 is 0 Å². The van der Waals surface area contributed by atoms with Crippen LogP contribution in [0.2, 0.25) is 0 Å². The van der Waals surface area contributed by atoms with E-state index >= 15 is 0 Å². The van der Waals surface area contributed by atoms with Crippen molar-refractivity contribution in [3.05, 3.63) is 46.7 Å². The predicted octanol–water partition coefficient (Wildman–Crippen LogP) is 0.684. The molecule has 5 heterocycles. The summed E-state index contributed by atoms with van der Waals surface area (Å²) in [5, 5.41) is 13.4. The Balaban J connectivity index is 1.35. The molecule has 2 atom stereocenters. The van der Waals surface area contributed by atoms with Crippen molar-refractivity contribution in [3.63, 3.8) is 0 Å². The molecule has 2 aromatic rings. The lowest BCUT2D eigenvalue weighted by Gasteiger charge is -2.61. The summed E-state index contributed by atoms with van der Waals surface area (Å²) < 4.78 is 0. The number of thiazole rings is 1. The van der Waals surface area contributed by atoms with E-state index in [0.29, 0.717) is 25.2 Å². The Kier molecular flexibility index (Phi) is 4.23. The number of carbonyl (C=O) groups excluding carboxylic acids is 1. The molecule has 0 bridgehead atoms. The number of hydrogen-bond acceptors (Lipinski definition) is 7. The number of rotatable bonds is 3. The molecule has 1 spiro atoms. The molecule has 5 rings (SSSR count). The van der Waals surface area contributed by atoms with Crippen LogP contribution >= 0.6 is 11.3 Å². The highest BCUT2D eigenvalue weighted by Gasteiger charge is 2.56. The zero-order chi connectivity index (χ0) is 18.4. The molecule has 27 heavy (non-hydrogen) atoms. The third-order valence-electron chi connectivity index (χ3n) is 5.99. The fraction of sp³-hybridized carbons (Fsp3) is 0.526. The van der Waals surface area contributed by atoms with Crippen LogP contribution in [0.5, 0.6) is 0 Å². The molecule has 7 nitrogen and oxygen atoms in total. The highest BCUT2D eigenvalue weighted by Crippen LogP contribution is 2.39. The number of likely N-dealkylation sites (tertiary alicyclic amines) is 1.